The van der Waals surface area contributed by atoms with E-state index in [1.807, 2.05) is 84.9 Å². The number of para-hydroxylation sites is 6. The van der Waals surface area contributed by atoms with Crippen molar-refractivity contribution < 1.29 is 13.6 Å². The largest absolute Gasteiger partial charge is 0.457 e. The molecule has 29 rings (SSSR count). The average Bonchev–Trinajstić information content (AvgIpc) is 1.54. The van der Waals surface area contributed by atoms with Crippen molar-refractivity contribution in [1.82, 2.24) is 38.6 Å². The summed E-state index contributed by atoms with van der Waals surface area (Å²) in [5, 5.41) is 18.0. The van der Waals surface area contributed by atoms with Gasteiger partial charge in [-0.1, -0.05) is 382 Å². The minimum atomic E-state index is 0.664. The van der Waals surface area contributed by atoms with Gasteiger partial charge >= 0.3 is 0 Å². The van der Waals surface area contributed by atoms with Crippen LogP contribution in [-0.2, 0) is 0 Å². The number of rotatable bonds is 14. The summed E-state index contributed by atoms with van der Waals surface area (Å²) < 4.78 is 27.5. The van der Waals surface area contributed by atoms with Gasteiger partial charge in [-0.15, -0.1) is 0 Å². The van der Waals surface area contributed by atoms with Crippen LogP contribution < -0.4 is 4.74 Å². The number of hydrogen-bond donors (Lipinski definition) is 0. The Bertz CT molecular complexity index is 9450. The quantitative estimate of drug-likeness (QED) is 0.106. The average molecular weight is 1840 g/mol. The van der Waals surface area contributed by atoms with Gasteiger partial charge in [0.1, 0.15) is 33.8 Å². The van der Waals surface area contributed by atoms with Crippen molar-refractivity contribution in [2.45, 2.75) is 0 Å². The van der Waals surface area contributed by atoms with E-state index in [0.29, 0.717) is 11.6 Å². The molecule has 0 atom stereocenters. The number of ether oxygens (including phenoxy) is 1. The smallest absolute Gasteiger partial charge is 0.162 e. The van der Waals surface area contributed by atoms with Gasteiger partial charge in [-0.05, 0) is 171 Å². The second kappa shape index (κ2) is 35.5. The fraction of sp³-hybridized carbons (Fsp3) is 0. The maximum atomic E-state index is 6.80. The van der Waals surface area contributed by atoms with Crippen LogP contribution in [0.1, 0.15) is 0 Å². The van der Waals surface area contributed by atoms with Crippen LogP contribution >= 0.6 is 0 Å². The molecule has 11 heteroatoms. The van der Waals surface area contributed by atoms with Crippen molar-refractivity contribution in [2.75, 3.05) is 0 Å². The molecule has 0 aliphatic heterocycles. The summed E-state index contributed by atoms with van der Waals surface area (Å²) >= 11 is 0. The lowest BCUT2D eigenvalue weighted by Gasteiger charge is -2.15. The number of furan rings is 2. The lowest BCUT2D eigenvalue weighted by Crippen LogP contribution is -1.99. The van der Waals surface area contributed by atoms with Crippen molar-refractivity contribution in [1.29, 1.82) is 0 Å². The Kier molecular flexibility index (Phi) is 20.7. The highest BCUT2D eigenvalue weighted by atomic mass is 16.5. The number of nitrogens with zero attached hydrogens (tertiary/aromatic N) is 8. The molecule has 8 heterocycles. The van der Waals surface area contributed by atoms with E-state index >= 15 is 0 Å². The Labute approximate surface area is 827 Å². The molecule has 0 aliphatic rings. The molecule has 0 amide bonds. The summed E-state index contributed by atoms with van der Waals surface area (Å²) in [6.07, 6.45) is 0. The van der Waals surface area contributed by atoms with Crippen LogP contribution in [0.4, 0.5) is 0 Å². The summed E-state index contributed by atoms with van der Waals surface area (Å²) in [5.41, 5.74) is 28.9. The number of pyridine rings is 1. The molecule has 0 aliphatic carbocycles. The van der Waals surface area contributed by atoms with Crippen LogP contribution in [0.2, 0.25) is 0 Å². The molecule has 674 valence electrons. The Morgan fingerprint density at radius 3 is 0.938 bits per heavy atom. The summed E-state index contributed by atoms with van der Waals surface area (Å²) in [6, 6.07) is 177. The minimum absolute atomic E-state index is 0.664. The number of hydrogen-bond acceptors (Lipinski definition) is 8. The molecule has 0 spiro atoms. The van der Waals surface area contributed by atoms with Crippen molar-refractivity contribution in [2.24, 2.45) is 0 Å². The lowest BCUT2D eigenvalue weighted by molar-refractivity contribution is 0.488. The van der Waals surface area contributed by atoms with Gasteiger partial charge in [0.15, 0.2) is 11.6 Å². The third-order valence-electron chi connectivity index (χ3n) is 27.8. The number of fused-ring (bicyclic) bond motifs is 23. The van der Waals surface area contributed by atoms with E-state index in [0.717, 1.165) is 222 Å². The highest BCUT2D eigenvalue weighted by Crippen LogP contribution is 2.53. The van der Waals surface area contributed by atoms with Gasteiger partial charge in [-0.3, -0.25) is 0 Å². The molecule has 0 N–H and O–H groups in total. The SMILES string of the molecule is c1ccc(-c2cc(-c3cc4c5ccccc5oc4c4c5c6ccccc6ccc5n(-c5ccccc5)c34)nc(-c3ccccc3)n2)cc1.c1ccc(-c2cc(-c3ccccc3)nc(-c3cc4c5ccccc5oc4c4c5c6ccccc6ccc5n(-c5ccccc5)c34)n2)cc1.c1ccc(Oc2ccc(-c3cc(-c4ccccc4)cc(-c4ccccc4)n3)c3c2c2c4ccccc4ccc2n3-c2ccccc2)cc1. The van der Waals surface area contributed by atoms with Crippen LogP contribution in [0.3, 0.4) is 0 Å². The summed E-state index contributed by atoms with van der Waals surface area (Å²) in [6.45, 7) is 0. The van der Waals surface area contributed by atoms with E-state index in [4.69, 9.17) is 38.5 Å². The van der Waals surface area contributed by atoms with E-state index in [9.17, 15) is 0 Å². The maximum absolute atomic E-state index is 6.80. The summed E-state index contributed by atoms with van der Waals surface area (Å²) in [5.74, 6) is 2.95. The predicted octanol–water partition coefficient (Wildman–Crippen LogP) is 35.4. The van der Waals surface area contributed by atoms with Gasteiger partial charge in [0.25, 0.3) is 0 Å². The van der Waals surface area contributed by atoms with Crippen LogP contribution in [0.15, 0.2) is 518 Å². The second-order valence-electron chi connectivity index (χ2n) is 36.3. The highest BCUT2D eigenvalue weighted by Gasteiger charge is 2.31. The van der Waals surface area contributed by atoms with Crippen LogP contribution in [0, 0.1) is 0 Å². The fourth-order valence-electron chi connectivity index (χ4n) is 21.3. The minimum Gasteiger partial charge on any atom is -0.457 e. The molecule has 0 bridgehead atoms. The third-order valence-corrected chi connectivity index (χ3v) is 27.8. The van der Waals surface area contributed by atoms with Gasteiger partial charge in [0.2, 0.25) is 0 Å². The molecular weight excluding hydrogens is 1760 g/mol. The molecule has 11 nitrogen and oxygen atoms in total. The zero-order valence-corrected chi connectivity index (χ0v) is 77.8. The van der Waals surface area contributed by atoms with Crippen LogP contribution in [0.25, 0.3) is 260 Å². The standard InChI is InChI=1S/C45H30N2O.2C44H27N3O/c1-5-15-31(16-6-1)34-29-39(33-18-7-2-8-19-33)46-40(30-34)38-26-28-42(48-36-22-11-4-12-23-36)44-43-37-24-14-13-17-32(37)25-27-41(43)47(45(38)44)35-20-9-3-10-21-35;1-4-15-29(16-5-1)36-27-37(46-44(45-36)30-17-6-2-7-18-30)35-26-34-33-22-12-13-23-39(33)48-43(34)41-40-32-21-11-10-14-28(32)24-25-38(40)47(42(35)41)31-19-8-3-9-20-31;1-4-15-29(16-5-1)36-27-37(30-17-6-2-7-18-30)46-44(45-36)35-26-34-33-22-12-13-23-39(33)48-43(34)41-40-32-21-11-10-14-28(32)24-25-38(40)47(42(35)41)31-19-8-3-9-20-31/h1-30H;2*1-27H. The van der Waals surface area contributed by atoms with Gasteiger partial charge < -0.3 is 27.3 Å². The van der Waals surface area contributed by atoms with Gasteiger partial charge in [0, 0.05) is 99.3 Å². The predicted molar refractivity (Wildman–Crippen MR) is 594 cm³/mol. The number of aromatic nitrogens is 8. The first-order valence-corrected chi connectivity index (χ1v) is 48.6. The van der Waals surface area contributed by atoms with Crippen molar-refractivity contribution >= 4 is 142 Å². The molecule has 0 fully saturated rings. The summed E-state index contributed by atoms with van der Waals surface area (Å²) in [7, 11) is 0. The Morgan fingerprint density at radius 1 is 0.188 bits per heavy atom. The molecule has 0 saturated heterocycles. The zero-order chi connectivity index (χ0) is 95.1. The van der Waals surface area contributed by atoms with E-state index < -0.39 is 0 Å². The first kappa shape index (κ1) is 83.8. The van der Waals surface area contributed by atoms with E-state index in [1.54, 1.807) is 0 Å². The second-order valence-corrected chi connectivity index (χ2v) is 36.3. The van der Waals surface area contributed by atoms with Gasteiger partial charge in [-0.2, -0.15) is 0 Å². The molecule has 0 radical (unpaired) electrons. The first-order chi connectivity index (χ1) is 71.4. The zero-order valence-electron chi connectivity index (χ0n) is 77.8. The van der Waals surface area contributed by atoms with E-state index in [2.05, 4.69) is 438 Å². The summed E-state index contributed by atoms with van der Waals surface area (Å²) in [4.78, 5) is 26.5. The van der Waals surface area contributed by atoms with Crippen molar-refractivity contribution in [3.8, 4) is 130 Å². The monoisotopic (exact) mass is 1840 g/mol. The first-order valence-electron chi connectivity index (χ1n) is 48.6. The fourth-order valence-corrected chi connectivity index (χ4v) is 21.3. The van der Waals surface area contributed by atoms with E-state index in [1.165, 1.54) is 37.7 Å². The Hall–Kier alpha value is -19.5. The molecule has 8 aromatic heterocycles. The van der Waals surface area contributed by atoms with Crippen LogP contribution in [-0.4, -0.2) is 38.6 Å². The normalized spacial score (nSPS) is 11.6. The molecule has 21 aromatic carbocycles. The lowest BCUT2D eigenvalue weighted by atomic mass is 9.98. The van der Waals surface area contributed by atoms with Crippen LogP contribution in [0.5, 0.6) is 11.5 Å². The molecular formula is C133H84N8O3. The highest BCUT2D eigenvalue weighted by molar-refractivity contribution is 6.34. The third kappa shape index (κ3) is 14.6. The molecule has 29 aromatic rings. The maximum Gasteiger partial charge on any atom is 0.162 e. The molecule has 0 unspecified atom stereocenters. The topological polar surface area (TPSA) is 115 Å². The van der Waals surface area contributed by atoms with Gasteiger partial charge in [0.05, 0.1) is 83.4 Å². The Balaban J connectivity index is 0.000000108. The van der Waals surface area contributed by atoms with Crippen molar-refractivity contribution in [3.63, 3.8) is 0 Å². The van der Waals surface area contributed by atoms with Crippen molar-refractivity contribution in [3.05, 3.63) is 510 Å². The van der Waals surface area contributed by atoms with Gasteiger partial charge in [-0.25, -0.2) is 24.9 Å². The number of benzene rings is 21. The molecule has 0 saturated carbocycles. The van der Waals surface area contributed by atoms with E-state index in [-0.39, 0.29) is 0 Å². The molecule has 144 heavy (non-hydrogen) atoms. The Morgan fingerprint density at radius 2 is 0.500 bits per heavy atom.